The van der Waals surface area contributed by atoms with Crippen LogP contribution >= 0.6 is 23.2 Å². The molecule has 1 N–H and O–H groups in total. The summed E-state index contributed by atoms with van der Waals surface area (Å²) in [5.41, 5.74) is 3.93. The molecular weight excluding hydrogens is 627 g/mol. The molecule has 0 aliphatic rings. The minimum absolute atomic E-state index is 0.164. The number of aromatic nitrogens is 2. The summed E-state index contributed by atoms with van der Waals surface area (Å²) in [5.74, 6) is 1.39. The van der Waals surface area contributed by atoms with Crippen LogP contribution in [0.15, 0.2) is 82.7 Å². The van der Waals surface area contributed by atoms with Crippen molar-refractivity contribution in [2.24, 2.45) is 5.10 Å². The molecule has 0 unspecified atom stereocenters. The van der Waals surface area contributed by atoms with Crippen LogP contribution in [0.1, 0.15) is 36.5 Å². The Labute approximate surface area is 276 Å². The highest BCUT2D eigenvalue weighted by atomic mass is 35.5. The third-order valence-electron chi connectivity index (χ3n) is 7.24. The number of anilines is 1. The Morgan fingerprint density at radius 3 is 2.41 bits per heavy atom. The van der Waals surface area contributed by atoms with E-state index < -0.39 is 5.91 Å². The van der Waals surface area contributed by atoms with E-state index in [0.29, 0.717) is 33.0 Å². The molecule has 0 saturated carbocycles. The molecule has 0 aliphatic heterocycles. The maximum Gasteiger partial charge on any atom is 0.282 e. The van der Waals surface area contributed by atoms with E-state index in [0.717, 1.165) is 22.4 Å². The highest BCUT2D eigenvalue weighted by Crippen LogP contribution is 2.37. The molecule has 0 fully saturated rings. The lowest BCUT2D eigenvalue weighted by atomic mass is 9.96. The fourth-order valence-corrected chi connectivity index (χ4v) is 5.32. The Kier molecular flexibility index (Phi) is 9.94. The van der Waals surface area contributed by atoms with Crippen LogP contribution in [-0.2, 0) is 4.79 Å². The molecule has 11 heteroatoms. The van der Waals surface area contributed by atoms with Crippen molar-refractivity contribution in [3.63, 3.8) is 0 Å². The van der Waals surface area contributed by atoms with E-state index in [9.17, 15) is 9.59 Å². The summed E-state index contributed by atoms with van der Waals surface area (Å²) in [4.78, 5) is 31.2. The zero-order valence-electron chi connectivity index (χ0n) is 25.9. The number of rotatable bonds is 10. The number of hydrogen-bond donors (Lipinski definition) is 1. The van der Waals surface area contributed by atoms with E-state index in [-0.39, 0.29) is 34.6 Å². The number of nitrogens with one attached hydrogen (secondary N) is 1. The largest absolute Gasteiger partial charge is 0.496 e. The molecule has 9 nitrogen and oxygen atoms in total. The summed E-state index contributed by atoms with van der Waals surface area (Å²) >= 11 is 12.5. The molecule has 0 aliphatic carbocycles. The molecule has 0 radical (unpaired) electrons. The number of para-hydroxylation sites is 1. The van der Waals surface area contributed by atoms with Crippen LogP contribution in [-0.4, -0.2) is 42.6 Å². The molecule has 46 heavy (non-hydrogen) atoms. The van der Waals surface area contributed by atoms with Crippen molar-refractivity contribution in [3.05, 3.63) is 110 Å². The van der Waals surface area contributed by atoms with Crippen LogP contribution in [0, 0.1) is 6.92 Å². The van der Waals surface area contributed by atoms with Crippen molar-refractivity contribution in [3.8, 4) is 28.6 Å². The van der Waals surface area contributed by atoms with E-state index in [1.54, 1.807) is 61.7 Å². The quantitative estimate of drug-likeness (QED) is 0.154. The number of aryl methyl sites for hydroxylation is 1. The first-order valence-corrected chi connectivity index (χ1v) is 15.2. The number of ether oxygens (including phenoxy) is 3. The number of carbonyl (C=O) groups excluding carboxylic acids is 1. The minimum Gasteiger partial charge on any atom is -0.496 e. The van der Waals surface area contributed by atoms with Gasteiger partial charge in [-0.15, -0.1) is 0 Å². The van der Waals surface area contributed by atoms with E-state index in [1.807, 2.05) is 25.1 Å². The van der Waals surface area contributed by atoms with Gasteiger partial charge in [0, 0.05) is 16.3 Å². The normalized spacial score (nSPS) is 11.3. The lowest BCUT2D eigenvalue weighted by molar-refractivity contribution is -0.118. The van der Waals surface area contributed by atoms with Crippen molar-refractivity contribution in [1.29, 1.82) is 0 Å². The number of nitrogens with zero attached hydrogens (tertiary/aromatic N) is 3. The van der Waals surface area contributed by atoms with Crippen LogP contribution in [0.4, 0.5) is 5.69 Å². The number of fused-ring (bicyclic) bond motifs is 1. The Bertz CT molecular complexity index is 2010. The molecule has 236 valence electrons. The van der Waals surface area contributed by atoms with E-state index in [2.05, 4.69) is 24.3 Å². The predicted molar refractivity (Wildman–Crippen MR) is 183 cm³/mol. The zero-order chi connectivity index (χ0) is 33.0. The number of amides is 1. The van der Waals surface area contributed by atoms with Crippen LogP contribution in [0.2, 0.25) is 10.0 Å². The molecular formula is C35H32Cl2N4O5. The van der Waals surface area contributed by atoms with Crippen molar-refractivity contribution in [2.45, 2.75) is 26.7 Å². The third-order valence-corrected chi connectivity index (χ3v) is 7.78. The fourth-order valence-electron chi connectivity index (χ4n) is 4.92. The summed E-state index contributed by atoms with van der Waals surface area (Å²) in [7, 11) is 3.10. The Hall–Kier alpha value is -4.86. The first-order valence-electron chi connectivity index (χ1n) is 14.4. The smallest absolute Gasteiger partial charge is 0.282 e. The van der Waals surface area contributed by atoms with Crippen LogP contribution in [0.25, 0.3) is 22.3 Å². The highest BCUT2D eigenvalue weighted by molar-refractivity contribution is 6.32. The number of halogens is 2. The summed E-state index contributed by atoms with van der Waals surface area (Å²) in [6.45, 7) is 5.78. The molecule has 0 bridgehead atoms. The number of methoxy groups -OCH3 is 2. The van der Waals surface area contributed by atoms with Crippen LogP contribution in [0.3, 0.4) is 0 Å². The van der Waals surface area contributed by atoms with Crippen molar-refractivity contribution >= 4 is 51.9 Å². The first kappa shape index (κ1) is 32.5. The Balaban J connectivity index is 1.50. The van der Waals surface area contributed by atoms with Gasteiger partial charge in [0.05, 0.1) is 36.4 Å². The van der Waals surface area contributed by atoms with Gasteiger partial charge in [-0.1, -0.05) is 49.2 Å². The van der Waals surface area contributed by atoms with Crippen molar-refractivity contribution in [2.75, 3.05) is 26.1 Å². The average Bonchev–Trinajstić information content (AvgIpc) is 3.04. The summed E-state index contributed by atoms with van der Waals surface area (Å²) in [6.07, 6.45) is 1.50. The molecule has 5 aromatic rings. The molecule has 1 amide bonds. The molecule has 0 saturated heterocycles. The highest BCUT2D eigenvalue weighted by Gasteiger charge is 2.19. The molecule has 4 aromatic carbocycles. The third kappa shape index (κ3) is 7.01. The maximum absolute atomic E-state index is 13.8. The van der Waals surface area contributed by atoms with Crippen LogP contribution in [0.5, 0.6) is 17.2 Å². The summed E-state index contributed by atoms with van der Waals surface area (Å²) < 4.78 is 18.2. The maximum atomic E-state index is 13.8. The van der Waals surface area contributed by atoms with Crippen LogP contribution < -0.4 is 25.1 Å². The molecule has 0 spiro atoms. The van der Waals surface area contributed by atoms with Gasteiger partial charge in [0.1, 0.15) is 5.75 Å². The monoisotopic (exact) mass is 658 g/mol. The van der Waals surface area contributed by atoms with Gasteiger partial charge in [-0.05, 0) is 90.2 Å². The number of hydrogen-bond acceptors (Lipinski definition) is 7. The van der Waals surface area contributed by atoms with Gasteiger partial charge in [-0.2, -0.15) is 9.78 Å². The number of carbonyl (C=O) groups is 1. The van der Waals surface area contributed by atoms with Gasteiger partial charge >= 0.3 is 0 Å². The second kappa shape index (κ2) is 14.1. The Morgan fingerprint density at radius 2 is 1.72 bits per heavy atom. The van der Waals surface area contributed by atoms with Gasteiger partial charge in [-0.3, -0.25) is 9.59 Å². The molecule has 1 heterocycles. The fraction of sp³-hybridized carbons (Fsp3) is 0.200. The lowest BCUT2D eigenvalue weighted by Crippen LogP contribution is -2.21. The van der Waals surface area contributed by atoms with Gasteiger partial charge < -0.3 is 19.5 Å². The summed E-state index contributed by atoms with van der Waals surface area (Å²) in [5, 5.41) is 8.50. The summed E-state index contributed by atoms with van der Waals surface area (Å²) in [6, 6.07) is 21.0. The minimum atomic E-state index is -0.392. The molecule has 0 atom stereocenters. The van der Waals surface area contributed by atoms with E-state index in [4.69, 9.17) is 42.4 Å². The lowest BCUT2D eigenvalue weighted by Gasteiger charge is -2.17. The first-order chi connectivity index (χ1) is 22.1. The number of benzene rings is 4. The molecule has 5 rings (SSSR count). The predicted octanol–water partition coefficient (Wildman–Crippen LogP) is 7.72. The SMILES string of the molecule is COc1cc(C)c(-c2nc3ccccc3c(=O)n2N=Cc2cc(Cl)c(OCC(=O)Nc3ccc(Cl)cc3)c(OC)c2)cc1C(C)C. The van der Waals surface area contributed by atoms with Gasteiger partial charge in [0.2, 0.25) is 0 Å². The average molecular weight is 660 g/mol. The second-order valence-corrected chi connectivity index (χ2v) is 11.6. The molecule has 1 aromatic heterocycles. The van der Waals surface area contributed by atoms with Gasteiger partial charge in [-0.25, -0.2) is 4.98 Å². The van der Waals surface area contributed by atoms with Crippen molar-refractivity contribution < 1.29 is 19.0 Å². The van der Waals surface area contributed by atoms with Crippen molar-refractivity contribution in [1.82, 2.24) is 9.66 Å². The van der Waals surface area contributed by atoms with E-state index >= 15 is 0 Å². The van der Waals surface area contributed by atoms with E-state index in [1.165, 1.54) is 18.0 Å². The standard InChI is InChI=1S/C35H32Cl2N4O5/c1-20(2)26-17-27(21(3)14-30(26)44-4)34-40-29-9-7-6-8-25(29)35(43)41(34)38-18-22-15-28(37)33(31(16-22)45-5)46-19-32(42)39-24-12-10-23(36)11-13-24/h6-18,20H,19H2,1-5H3,(H,39,42). The van der Waals surface area contributed by atoms with Gasteiger partial charge in [0.25, 0.3) is 11.5 Å². The zero-order valence-corrected chi connectivity index (χ0v) is 27.4. The Morgan fingerprint density at radius 1 is 1.00 bits per heavy atom. The topological polar surface area (TPSA) is 104 Å². The van der Waals surface area contributed by atoms with Gasteiger partial charge in [0.15, 0.2) is 23.9 Å². The second-order valence-electron chi connectivity index (χ2n) is 10.8.